The number of nitrogens with one attached hydrogen (secondary N) is 1. The van der Waals surface area contributed by atoms with Crippen molar-refractivity contribution in [2.75, 3.05) is 12.8 Å². The summed E-state index contributed by atoms with van der Waals surface area (Å²) >= 11 is 7.62. The molecule has 0 spiro atoms. The molecule has 1 N–H and O–H groups in total. The minimum absolute atomic E-state index is 0.0181. The third kappa shape index (κ3) is 3.67. The van der Waals surface area contributed by atoms with E-state index in [1.807, 2.05) is 0 Å². The van der Waals surface area contributed by atoms with Gasteiger partial charge < -0.3 is 5.32 Å². The highest BCUT2D eigenvalue weighted by Gasteiger charge is 2.31. The van der Waals surface area contributed by atoms with Crippen molar-refractivity contribution in [1.82, 2.24) is 5.32 Å². The van der Waals surface area contributed by atoms with Crippen LogP contribution in [0.25, 0.3) is 0 Å². The zero-order valence-corrected chi connectivity index (χ0v) is 13.1. The van der Waals surface area contributed by atoms with Gasteiger partial charge in [-0.2, -0.15) is 11.8 Å². The fourth-order valence-electron chi connectivity index (χ4n) is 2.66. The third-order valence-electron chi connectivity index (χ3n) is 3.94. The Morgan fingerprint density at radius 1 is 1.40 bits per heavy atom. The number of carbonyl (C=O) groups excluding carboxylic acids is 1. The lowest BCUT2D eigenvalue weighted by atomic mass is 9.88. The highest BCUT2D eigenvalue weighted by atomic mass is 35.5. The van der Waals surface area contributed by atoms with E-state index in [0.717, 1.165) is 12.8 Å². The third-order valence-corrected chi connectivity index (χ3v) is 5.60. The van der Waals surface area contributed by atoms with Gasteiger partial charge in [0.25, 0.3) is 5.91 Å². The molecule has 1 saturated carbocycles. The van der Waals surface area contributed by atoms with E-state index in [2.05, 4.69) is 11.6 Å². The number of halogens is 2. The van der Waals surface area contributed by atoms with Crippen LogP contribution in [0.15, 0.2) is 18.2 Å². The Labute approximate surface area is 128 Å². The minimum Gasteiger partial charge on any atom is -0.351 e. The van der Waals surface area contributed by atoms with E-state index in [1.165, 1.54) is 37.5 Å². The summed E-state index contributed by atoms with van der Waals surface area (Å²) in [7, 11) is 0. The second-order valence-electron chi connectivity index (χ2n) is 5.25. The standard InChI is InChI=1S/C15H19ClFNOS/c1-20-15(7-3-2-4-8-15)10-18-14(19)12-9-11(16)5-6-13(12)17/h5-6,9H,2-4,7-8,10H2,1H3,(H,18,19). The van der Waals surface area contributed by atoms with E-state index >= 15 is 0 Å². The van der Waals surface area contributed by atoms with Crippen LogP contribution in [0.3, 0.4) is 0 Å². The van der Waals surface area contributed by atoms with Crippen LogP contribution in [-0.4, -0.2) is 23.5 Å². The van der Waals surface area contributed by atoms with Crippen molar-refractivity contribution in [3.8, 4) is 0 Å². The summed E-state index contributed by atoms with van der Waals surface area (Å²) in [5.41, 5.74) is 0.0181. The summed E-state index contributed by atoms with van der Waals surface area (Å²) in [6, 6.07) is 4.04. The van der Waals surface area contributed by atoms with Gasteiger partial charge in [0.2, 0.25) is 0 Å². The van der Waals surface area contributed by atoms with Gasteiger partial charge in [0.15, 0.2) is 0 Å². The molecule has 0 saturated heterocycles. The predicted molar refractivity (Wildman–Crippen MR) is 83.1 cm³/mol. The summed E-state index contributed by atoms with van der Waals surface area (Å²) < 4.78 is 13.7. The maximum absolute atomic E-state index is 13.6. The summed E-state index contributed by atoms with van der Waals surface area (Å²) in [6.07, 6.45) is 7.94. The second-order valence-corrected chi connectivity index (χ2v) is 6.97. The lowest BCUT2D eigenvalue weighted by Crippen LogP contribution is -2.42. The first kappa shape index (κ1) is 15.6. The number of amides is 1. The van der Waals surface area contributed by atoms with Crippen molar-refractivity contribution in [3.05, 3.63) is 34.6 Å². The van der Waals surface area contributed by atoms with E-state index in [0.29, 0.717) is 11.6 Å². The number of thioether (sulfide) groups is 1. The normalized spacial score (nSPS) is 17.8. The Kier molecular flexibility index (Phi) is 5.33. The molecule has 2 rings (SSSR count). The van der Waals surface area contributed by atoms with Gasteiger partial charge in [0.1, 0.15) is 5.82 Å². The van der Waals surface area contributed by atoms with Crippen molar-refractivity contribution < 1.29 is 9.18 Å². The van der Waals surface area contributed by atoms with E-state index in [-0.39, 0.29) is 16.2 Å². The Balaban J connectivity index is 2.02. The smallest absolute Gasteiger partial charge is 0.254 e. The largest absolute Gasteiger partial charge is 0.351 e. The van der Waals surface area contributed by atoms with Crippen LogP contribution in [0.5, 0.6) is 0 Å². The summed E-state index contributed by atoms with van der Waals surface area (Å²) in [4.78, 5) is 12.1. The average molecular weight is 316 g/mol. The molecule has 0 aliphatic heterocycles. The first-order valence-electron chi connectivity index (χ1n) is 6.85. The van der Waals surface area contributed by atoms with Crippen LogP contribution in [0.4, 0.5) is 4.39 Å². The SMILES string of the molecule is CSC1(CNC(=O)c2cc(Cl)ccc2F)CCCCC1. The van der Waals surface area contributed by atoms with E-state index < -0.39 is 5.82 Å². The van der Waals surface area contributed by atoms with Crippen molar-refractivity contribution in [2.45, 2.75) is 36.9 Å². The van der Waals surface area contributed by atoms with E-state index in [9.17, 15) is 9.18 Å². The van der Waals surface area contributed by atoms with Crippen LogP contribution < -0.4 is 5.32 Å². The molecule has 5 heteroatoms. The Hall–Kier alpha value is -0.740. The quantitative estimate of drug-likeness (QED) is 0.898. The first-order valence-corrected chi connectivity index (χ1v) is 8.45. The molecular weight excluding hydrogens is 297 g/mol. The molecule has 110 valence electrons. The predicted octanol–water partition coefficient (Wildman–Crippen LogP) is 4.27. The lowest BCUT2D eigenvalue weighted by molar-refractivity contribution is 0.0943. The molecular formula is C15H19ClFNOS. The summed E-state index contributed by atoms with van der Waals surface area (Å²) in [5.74, 6) is -0.919. The molecule has 1 aromatic rings. The van der Waals surface area contributed by atoms with Crippen molar-refractivity contribution in [2.24, 2.45) is 0 Å². The molecule has 0 heterocycles. The second kappa shape index (κ2) is 6.81. The zero-order chi connectivity index (χ0) is 14.6. The van der Waals surface area contributed by atoms with Crippen molar-refractivity contribution >= 4 is 29.3 Å². The van der Waals surface area contributed by atoms with E-state index in [1.54, 1.807) is 11.8 Å². The molecule has 0 atom stereocenters. The summed E-state index contributed by atoms with van der Waals surface area (Å²) in [5, 5.41) is 3.24. The number of hydrogen-bond acceptors (Lipinski definition) is 2. The Morgan fingerprint density at radius 2 is 2.10 bits per heavy atom. The van der Waals surface area contributed by atoms with Gasteiger partial charge in [-0.1, -0.05) is 30.9 Å². The summed E-state index contributed by atoms with van der Waals surface area (Å²) in [6.45, 7) is 0.582. The average Bonchev–Trinajstić information content (AvgIpc) is 2.48. The maximum atomic E-state index is 13.6. The molecule has 0 bridgehead atoms. The van der Waals surface area contributed by atoms with Gasteiger partial charge in [0.05, 0.1) is 5.56 Å². The highest BCUT2D eigenvalue weighted by Crippen LogP contribution is 2.38. The number of benzene rings is 1. The molecule has 2 nitrogen and oxygen atoms in total. The van der Waals surface area contributed by atoms with Crippen LogP contribution in [-0.2, 0) is 0 Å². The fourth-order valence-corrected chi connectivity index (χ4v) is 3.74. The van der Waals surface area contributed by atoms with Gasteiger partial charge in [-0.05, 0) is 37.3 Å². The van der Waals surface area contributed by atoms with Crippen LogP contribution in [0.2, 0.25) is 5.02 Å². The van der Waals surface area contributed by atoms with Gasteiger partial charge in [-0.25, -0.2) is 4.39 Å². The lowest BCUT2D eigenvalue weighted by Gasteiger charge is -2.35. The molecule has 1 aliphatic rings. The van der Waals surface area contributed by atoms with Gasteiger partial charge in [-0.15, -0.1) is 0 Å². The number of carbonyl (C=O) groups is 1. The van der Waals surface area contributed by atoms with Gasteiger partial charge in [0, 0.05) is 16.3 Å². The molecule has 1 fully saturated rings. The van der Waals surface area contributed by atoms with Crippen LogP contribution >= 0.6 is 23.4 Å². The molecule has 0 aromatic heterocycles. The highest BCUT2D eigenvalue weighted by molar-refractivity contribution is 8.00. The zero-order valence-electron chi connectivity index (χ0n) is 11.5. The topological polar surface area (TPSA) is 29.1 Å². The Bertz CT molecular complexity index is 489. The molecule has 1 aromatic carbocycles. The molecule has 1 aliphatic carbocycles. The van der Waals surface area contributed by atoms with Crippen molar-refractivity contribution in [1.29, 1.82) is 0 Å². The minimum atomic E-state index is -0.534. The maximum Gasteiger partial charge on any atom is 0.254 e. The van der Waals surface area contributed by atoms with Gasteiger partial charge >= 0.3 is 0 Å². The van der Waals surface area contributed by atoms with Gasteiger partial charge in [-0.3, -0.25) is 4.79 Å². The van der Waals surface area contributed by atoms with Crippen molar-refractivity contribution in [3.63, 3.8) is 0 Å². The van der Waals surface area contributed by atoms with Crippen LogP contribution in [0.1, 0.15) is 42.5 Å². The first-order chi connectivity index (χ1) is 9.56. The number of rotatable bonds is 4. The number of hydrogen-bond donors (Lipinski definition) is 1. The monoisotopic (exact) mass is 315 g/mol. The fraction of sp³-hybridized carbons (Fsp3) is 0.533. The molecule has 1 amide bonds. The molecule has 0 radical (unpaired) electrons. The Morgan fingerprint density at radius 3 is 2.75 bits per heavy atom. The van der Waals surface area contributed by atoms with E-state index in [4.69, 9.17) is 11.6 Å². The van der Waals surface area contributed by atoms with Crippen LogP contribution in [0, 0.1) is 5.82 Å². The molecule has 20 heavy (non-hydrogen) atoms. The molecule has 0 unspecified atom stereocenters.